The molecule has 0 radical (unpaired) electrons. The van der Waals surface area contributed by atoms with Gasteiger partial charge in [-0.15, -0.1) is 0 Å². The number of fused-ring (bicyclic) bond motifs is 4. The largest absolute Gasteiger partial charge is 0.353 e. The molecular weight excluding hydrogens is 456 g/mol. The summed E-state index contributed by atoms with van der Waals surface area (Å²) in [5.74, 6) is 0.799. The Labute approximate surface area is 196 Å². The third kappa shape index (κ3) is 3.27. The topological polar surface area (TPSA) is 67.2 Å². The average molecular weight is 477 g/mol. The lowest BCUT2D eigenvalue weighted by atomic mass is 10.1. The Bertz CT molecular complexity index is 1630. The van der Waals surface area contributed by atoms with Crippen LogP contribution in [0.4, 0.5) is 5.82 Å². The number of nitrogens with zero attached hydrogens (tertiary/aromatic N) is 3. The van der Waals surface area contributed by atoms with Gasteiger partial charge < -0.3 is 10.2 Å². The van der Waals surface area contributed by atoms with Crippen molar-refractivity contribution >= 4 is 60.0 Å². The molecular formula is C25H21ClN4O2S. The molecule has 6 rings (SSSR count). The van der Waals surface area contributed by atoms with Gasteiger partial charge in [0.05, 0.1) is 15.9 Å². The molecule has 0 spiro atoms. The van der Waals surface area contributed by atoms with Crippen LogP contribution in [0.3, 0.4) is 0 Å². The fourth-order valence-electron chi connectivity index (χ4n) is 4.67. The van der Waals surface area contributed by atoms with Crippen molar-refractivity contribution in [1.82, 2.24) is 14.3 Å². The van der Waals surface area contributed by atoms with E-state index in [0.717, 1.165) is 42.8 Å². The summed E-state index contributed by atoms with van der Waals surface area (Å²) in [6, 6.07) is 20.2. The van der Waals surface area contributed by atoms with Gasteiger partial charge in [0, 0.05) is 53.6 Å². The molecule has 33 heavy (non-hydrogen) atoms. The van der Waals surface area contributed by atoms with Gasteiger partial charge in [-0.05, 0) is 35.7 Å². The molecule has 2 aromatic heterocycles. The van der Waals surface area contributed by atoms with Gasteiger partial charge in [-0.1, -0.05) is 48.0 Å². The lowest BCUT2D eigenvalue weighted by Crippen LogP contribution is -2.44. The number of aromatic nitrogens is 2. The zero-order chi connectivity index (χ0) is 22.6. The molecule has 0 bridgehead atoms. The van der Waals surface area contributed by atoms with Crippen LogP contribution in [0.5, 0.6) is 0 Å². The van der Waals surface area contributed by atoms with Crippen LogP contribution in [-0.2, 0) is 10.0 Å². The van der Waals surface area contributed by atoms with Gasteiger partial charge in [-0.2, -0.15) is 0 Å². The number of halogens is 1. The van der Waals surface area contributed by atoms with Crippen LogP contribution in [-0.4, -0.2) is 43.6 Å². The Balaban J connectivity index is 1.67. The van der Waals surface area contributed by atoms with E-state index in [0.29, 0.717) is 26.8 Å². The highest BCUT2D eigenvalue weighted by Crippen LogP contribution is 2.36. The van der Waals surface area contributed by atoms with E-state index < -0.39 is 10.0 Å². The maximum Gasteiger partial charge on any atom is 0.268 e. The molecule has 1 saturated heterocycles. The van der Waals surface area contributed by atoms with Crippen molar-refractivity contribution < 1.29 is 8.42 Å². The molecule has 5 aromatic rings. The molecule has 1 N–H and O–H groups in total. The van der Waals surface area contributed by atoms with E-state index in [1.165, 1.54) is 3.97 Å². The van der Waals surface area contributed by atoms with Crippen molar-refractivity contribution in [3.05, 3.63) is 77.9 Å². The van der Waals surface area contributed by atoms with Crippen LogP contribution in [0, 0.1) is 0 Å². The van der Waals surface area contributed by atoms with Gasteiger partial charge in [0.1, 0.15) is 5.82 Å². The zero-order valence-corrected chi connectivity index (χ0v) is 19.3. The second kappa shape index (κ2) is 7.73. The molecule has 3 aromatic carbocycles. The minimum atomic E-state index is -3.89. The summed E-state index contributed by atoms with van der Waals surface area (Å²) in [6.07, 6.45) is 1.63. The van der Waals surface area contributed by atoms with Crippen LogP contribution < -0.4 is 10.2 Å². The van der Waals surface area contributed by atoms with Crippen LogP contribution in [0.2, 0.25) is 5.02 Å². The highest BCUT2D eigenvalue weighted by atomic mass is 35.5. The minimum absolute atomic E-state index is 0.272. The van der Waals surface area contributed by atoms with E-state index in [1.807, 2.05) is 42.5 Å². The van der Waals surface area contributed by atoms with Crippen molar-refractivity contribution in [2.24, 2.45) is 0 Å². The number of hydrogen-bond donors (Lipinski definition) is 1. The summed E-state index contributed by atoms with van der Waals surface area (Å²) in [7, 11) is -3.89. The summed E-state index contributed by atoms with van der Waals surface area (Å²) < 4.78 is 29.4. The zero-order valence-electron chi connectivity index (χ0n) is 17.7. The lowest BCUT2D eigenvalue weighted by Gasteiger charge is -2.29. The molecule has 0 unspecified atom stereocenters. The third-order valence-electron chi connectivity index (χ3n) is 6.24. The Morgan fingerprint density at radius 3 is 2.52 bits per heavy atom. The van der Waals surface area contributed by atoms with E-state index in [-0.39, 0.29) is 4.90 Å². The highest BCUT2D eigenvalue weighted by molar-refractivity contribution is 7.90. The average Bonchev–Trinajstić information content (AvgIpc) is 3.30. The first kappa shape index (κ1) is 20.5. The predicted octanol–water partition coefficient (Wildman–Crippen LogP) is 4.64. The molecule has 8 heteroatoms. The number of hydrogen-bond acceptors (Lipinski definition) is 5. The molecule has 166 valence electrons. The summed E-state index contributed by atoms with van der Waals surface area (Å²) in [6.45, 7) is 3.33. The Morgan fingerprint density at radius 2 is 1.67 bits per heavy atom. The van der Waals surface area contributed by atoms with Gasteiger partial charge in [0.2, 0.25) is 0 Å². The fourth-order valence-corrected chi connectivity index (χ4v) is 6.43. The van der Waals surface area contributed by atoms with Crippen LogP contribution in [0.1, 0.15) is 0 Å². The number of pyridine rings is 1. The number of rotatable bonds is 3. The van der Waals surface area contributed by atoms with E-state index in [9.17, 15) is 8.42 Å². The quantitative estimate of drug-likeness (QED) is 0.411. The first-order valence-corrected chi connectivity index (χ1v) is 12.7. The maximum atomic E-state index is 14.0. The number of benzene rings is 3. The van der Waals surface area contributed by atoms with Crippen molar-refractivity contribution in [3.8, 4) is 0 Å². The summed E-state index contributed by atoms with van der Waals surface area (Å²) in [4.78, 5) is 7.40. The smallest absolute Gasteiger partial charge is 0.268 e. The molecule has 0 aliphatic carbocycles. The second-order valence-corrected chi connectivity index (χ2v) is 10.4. The SMILES string of the molecule is O=S(=O)(c1cccc2ccccc12)n1ccc2c(N3CCNCC3)nc3ccc(Cl)cc3c21. The predicted molar refractivity (Wildman–Crippen MR) is 134 cm³/mol. The molecule has 6 nitrogen and oxygen atoms in total. The van der Waals surface area contributed by atoms with Crippen LogP contribution in [0.15, 0.2) is 77.8 Å². The molecule has 1 aliphatic rings. The number of nitrogens with one attached hydrogen (secondary N) is 1. The van der Waals surface area contributed by atoms with E-state index in [2.05, 4.69) is 10.2 Å². The van der Waals surface area contributed by atoms with Crippen LogP contribution >= 0.6 is 11.6 Å². The highest BCUT2D eigenvalue weighted by Gasteiger charge is 2.26. The first-order chi connectivity index (χ1) is 16.0. The molecule has 0 amide bonds. The number of piperazine rings is 1. The number of anilines is 1. The molecule has 0 atom stereocenters. The van der Waals surface area contributed by atoms with Crippen molar-refractivity contribution in [2.45, 2.75) is 4.90 Å². The van der Waals surface area contributed by atoms with Gasteiger partial charge in [-0.25, -0.2) is 17.4 Å². The summed E-state index contributed by atoms with van der Waals surface area (Å²) >= 11 is 6.33. The Kier molecular flexibility index (Phi) is 4.79. The van der Waals surface area contributed by atoms with Crippen molar-refractivity contribution in [3.63, 3.8) is 0 Å². The van der Waals surface area contributed by atoms with Crippen molar-refractivity contribution in [2.75, 3.05) is 31.1 Å². The van der Waals surface area contributed by atoms with E-state index in [1.54, 1.807) is 30.5 Å². The minimum Gasteiger partial charge on any atom is -0.353 e. The van der Waals surface area contributed by atoms with Gasteiger partial charge in [-0.3, -0.25) is 0 Å². The first-order valence-electron chi connectivity index (χ1n) is 10.8. The Hall–Kier alpha value is -3.13. The standard InChI is InChI=1S/C25H21ClN4O2S/c26-18-8-9-22-21(16-18)24-20(25(28-22)29-14-11-27-12-15-29)10-13-30(24)33(31,32)23-7-3-5-17-4-1-2-6-19(17)23/h1-10,13,16,27H,11-12,14-15H2. The molecule has 0 saturated carbocycles. The van der Waals surface area contributed by atoms with Crippen molar-refractivity contribution in [1.29, 1.82) is 0 Å². The lowest BCUT2D eigenvalue weighted by molar-refractivity contribution is 0.586. The van der Waals surface area contributed by atoms with E-state index >= 15 is 0 Å². The van der Waals surface area contributed by atoms with E-state index in [4.69, 9.17) is 16.6 Å². The van der Waals surface area contributed by atoms with Gasteiger partial charge >= 0.3 is 0 Å². The normalized spacial score (nSPS) is 15.0. The maximum absolute atomic E-state index is 14.0. The third-order valence-corrected chi connectivity index (χ3v) is 8.21. The molecule has 1 aliphatic heterocycles. The van der Waals surface area contributed by atoms with Crippen LogP contribution in [0.25, 0.3) is 32.6 Å². The summed E-state index contributed by atoms with van der Waals surface area (Å²) in [5.41, 5.74) is 1.32. The summed E-state index contributed by atoms with van der Waals surface area (Å²) in [5, 5.41) is 6.99. The van der Waals surface area contributed by atoms with Gasteiger partial charge in [0.15, 0.2) is 0 Å². The Morgan fingerprint density at radius 1 is 0.879 bits per heavy atom. The fraction of sp³-hybridized carbons (Fsp3) is 0.160. The second-order valence-electron chi connectivity index (χ2n) is 8.19. The molecule has 3 heterocycles. The molecule has 1 fully saturated rings. The van der Waals surface area contributed by atoms with Gasteiger partial charge in [0.25, 0.3) is 10.0 Å². The monoisotopic (exact) mass is 476 g/mol.